The van der Waals surface area contributed by atoms with Gasteiger partial charge in [0.05, 0.1) is 5.02 Å². The Morgan fingerprint density at radius 3 is 2.72 bits per heavy atom. The number of pyridine rings is 1. The number of benzene rings is 1. The number of nitrogens with zero attached hydrogens (tertiary/aromatic N) is 1. The minimum absolute atomic E-state index is 0.0300. The Morgan fingerprint density at radius 1 is 1.39 bits per heavy atom. The zero-order valence-corrected chi connectivity index (χ0v) is 10.2. The lowest BCUT2D eigenvalue weighted by atomic mass is 10.0. The van der Waals surface area contributed by atoms with Gasteiger partial charge >= 0.3 is 0 Å². The van der Waals surface area contributed by atoms with E-state index >= 15 is 0 Å². The number of aromatic amines is 1. The van der Waals surface area contributed by atoms with Gasteiger partial charge in [-0.3, -0.25) is 4.79 Å². The summed E-state index contributed by atoms with van der Waals surface area (Å²) in [4.78, 5) is 14.2. The molecule has 0 bridgehead atoms. The highest BCUT2D eigenvalue weighted by Crippen LogP contribution is 2.30. The summed E-state index contributed by atoms with van der Waals surface area (Å²) in [5.41, 5.74) is 1.36. The summed E-state index contributed by atoms with van der Waals surface area (Å²) in [5.74, 6) is -0.0412. The van der Waals surface area contributed by atoms with Gasteiger partial charge in [-0.05, 0) is 30.7 Å². The molecule has 2 aromatic rings. The molecule has 0 fully saturated rings. The van der Waals surface area contributed by atoms with Crippen LogP contribution in [0.4, 0.5) is 0 Å². The number of aromatic nitrogens is 1. The Kier molecular flexibility index (Phi) is 3.09. The fraction of sp³-hybridized carbons (Fsp3) is 0.0769. The monoisotopic (exact) mass is 260 g/mol. The zero-order chi connectivity index (χ0) is 13.3. The number of phenols is 1. The molecular formula is C13H9ClN2O2. The number of nitrogens with one attached hydrogen (secondary N) is 1. The molecule has 18 heavy (non-hydrogen) atoms. The van der Waals surface area contributed by atoms with E-state index < -0.39 is 5.56 Å². The highest BCUT2D eigenvalue weighted by molar-refractivity contribution is 6.32. The van der Waals surface area contributed by atoms with Crippen LogP contribution in [-0.2, 0) is 0 Å². The summed E-state index contributed by atoms with van der Waals surface area (Å²) in [6.45, 7) is 1.73. The molecule has 0 saturated heterocycles. The third kappa shape index (κ3) is 2.08. The van der Waals surface area contributed by atoms with Crippen molar-refractivity contribution in [3.05, 3.63) is 50.9 Å². The average Bonchev–Trinajstić information content (AvgIpc) is 2.32. The van der Waals surface area contributed by atoms with Gasteiger partial charge in [0.2, 0.25) is 0 Å². The van der Waals surface area contributed by atoms with E-state index in [0.29, 0.717) is 16.8 Å². The SMILES string of the molecule is Cc1cc(-c2ccc(O)c(Cl)c2)c(C#N)c(=O)[nH]1. The number of hydrogen-bond donors (Lipinski definition) is 2. The van der Waals surface area contributed by atoms with Crippen LogP contribution in [0.15, 0.2) is 29.1 Å². The van der Waals surface area contributed by atoms with Gasteiger partial charge in [0.15, 0.2) is 0 Å². The van der Waals surface area contributed by atoms with Crippen LogP contribution in [0.5, 0.6) is 5.75 Å². The maximum absolute atomic E-state index is 11.7. The quantitative estimate of drug-likeness (QED) is 0.827. The molecule has 0 amide bonds. The van der Waals surface area contributed by atoms with E-state index in [1.807, 2.05) is 6.07 Å². The highest BCUT2D eigenvalue weighted by atomic mass is 35.5. The normalized spacial score (nSPS) is 10.1. The third-order valence-corrected chi connectivity index (χ3v) is 2.84. The molecule has 0 spiro atoms. The summed E-state index contributed by atoms with van der Waals surface area (Å²) in [7, 11) is 0. The van der Waals surface area contributed by atoms with E-state index in [2.05, 4.69) is 4.98 Å². The fourth-order valence-corrected chi connectivity index (χ4v) is 1.88. The number of H-pyrrole nitrogens is 1. The zero-order valence-electron chi connectivity index (χ0n) is 9.49. The topological polar surface area (TPSA) is 76.9 Å². The summed E-state index contributed by atoms with van der Waals surface area (Å²) >= 11 is 5.82. The maximum atomic E-state index is 11.7. The number of rotatable bonds is 1. The number of phenolic OH excluding ortho intramolecular Hbond substituents is 1. The highest BCUT2D eigenvalue weighted by Gasteiger charge is 2.11. The first-order valence-electron chi connectivity index (χ1n) is 5.16. The van der Waals surface area contributed by atoms with Gasteiger partial charge in [0, 0.05) is 11.3 Å². The van der Waals surface area contributed by atoms with Crippen molar-refractivity contribution >= 4 is 11.6 Å². The first-order valence-corrected chi connectivity index (χ1v) is 5.53. The Bertz CT molecular complexity index is 714. The van der Waals surface area contributed by atoms with Crippen LogP contribution in [0.25, 0.3) is 11.1 Å². The molecular weight excluding hydrogens is 252 g/mol. The van der Waals surface area contributed by atoms with E-state index in [9.17, 15) is 9.90 Å². The molecule has 0 aliphatic carbocycles. The lowest BCUT2D eigenvalue weighted by Crippen LogP contribution is -2.12. The number of nitriles is 1. The predicted octanol–water partition coefficient (Wildman–Crippen LogP) is 2.58. The van der Waals surface area contributed by atoms with Crippen LogP contribution < -0.4 is 5.56 Å². The van der Waals surface area contributed by atoms with E-state index in [0.717, 1.165) is 0 Å². The molecule has 1 heterocycles. The van der Waals surface area contributed by atoms with Crippen LogP contribution in [0, 0.1) is 18.3 Å². The van der Waals surface area contributed by atoms with Crippen LogP contribution in [0.1, 0.15) is 11.3 Å². The Morgan fingerprint density at radius 2 is 2.11 bits per heavy atom. The molecule has 2 N–H and O–H groups in total. The van der Waals surface area contributed by atoms with E-state index in [4.69, 9.17) is 16.9 Å². The second-order valence-corrected chi connectivity index (χ2v) is 4.26. The molecule has 0 radical (unpaired) electrons. The average molecular weight is 261 g/mol. The van der Waals surface area contributed by atoms with Crippen molar-refractivity contribution in [2.45, 2.75) is 6.92 Å². The maximum Gasteiger partial charge on any atom is 0.266 e. The number of hydrogen-bond acceptors (Lipinski definition) is 3. The summed E-state index contributed by atoms with van der Waals surface area (Å²) < 4.78 is 0. The summed E-state index contributed by atoms with van der Waals surface area (Å²) in [6, 6.07) is 8.12. The first-order chi connectivity index (χ1) is 8.52. The number of halogens is 1. The largest absolute Gasteiger partial charge is 0.506 e. The van der Waals surface area contributed by atoms with Crippen LogP contribution in [-0.4, -0.2) is 10.1 Å². The van der Waals surface area contributed by atoms with E-state index in [-0.39, 0.29) is 16.3 Å². The van der Waals surface area contributed by atoms with Crippen molar-refractivity contribution in [1.29, 1.82) is 5.26 Å². The molecule has 0 aliphatic heterocycles. The lowest BCUT2D eigenvalue weighted by molar-refractivity contribution is 0.475. The van der Waals surface area contributed by atoms with Gasteiger partial charge in [-0.1, -0.05) is 17.7 Å². The number of aromatic hydroxyl groups is 1. The van der Waals surface area contributed by atoms with Crippen molar-refractivity contribution in [2.75, 3.05) is 0 Å². The molecule has 0 atom stereocenters. The van der Waals surface area contributed by atoms with Gasteiger partial charge in [0.25, 0.3) is 5.56 Å². The second-order valence-electron chi connectivity index (χ2n) is 3.85. The summed E-state index contributed by atoms with van der Waals surface area (Å²) in [5, 5.41) is 18.6. The fourth-order valence-electron chi connectivity index (χ4n) is 1.70. The van der Waals surface area contributed by atoms with Crippen molar-refractivity contribution < 1.29 is 5.11 Å². The van der Waals surface area contributed by atoms with E-state index in [1.165, 1.54) is 12.1 Å². The lowest BCUT2D eigenvalue weighted by Gasteiger charge is -2.06. The van der Waals surface area contributed by atoms with Crippen molar-refractivity contribution in [2.24, 2.45) is 0 Å². The third-order valence-electron chi connectivity index (χ3n) is 2.54. The summed E-state index contributed by atoms with van der Waals surface area (Å²) in [6.07, 6.45) is 0. The molecule has 1 aromatic heterocycles. The standard InChI is InChI=1S/C13H9ClN2O2/c1-7-4-9(10(6-15)13(18)16-7)8-2-3-12(17)11(14)5-8/h2-5,17H,1H3,(H,16,18). The van der Waals surface area contributed by atoms with Crippen LogP contribution in [0.2, 0.25) is 5.02 Å². The van der Waals surface area contributed by atoms with Gasteiger partial charge < -0.3 is 10.1 Å². The Balaban J connectivity index is 2.75. The first kappa shape index (κ1) is 12.2. The van der Waals surface area contributed by atoms with Gasteiger partial charge in [0.1, 0.15) is 17.4 Å². The smallest absolute Gasteiger partial charge is 0.266 e. The molecule has 4 nitrogen and oxygen atoms in total. The van der Waals surface area contributed by atoms with Gasteiger partial charge in [-0.15, -0.1) is 0 Å². The Labute approximate surface area is 108 Å². The molecule has 90 valence electrons. The molecule has 0 aliphatic rings. The van der Waals surface area contributed by atoms with Crippen LogP contribution in [0.3, 0.4) is 0 Å². The number of aryl methyl sites for hydroxylation is 1. The predicted molar refractivity (Wildman–Crippen MR) is 68.6 cm³/mol. The van der Waals surface area contributed by atoms with Crippen molar-refractivity contribution in [3.8, 4) is 22.9 Å². The van der Waals surface area contributed by atoms with E-state index in [1.54, 1.807) is 19.1 Å². The van der Waals surface area contributed by atoms with Crippen LogP contribution >= 0.6 is 11.6 Å². The molecule has 0 saturated carbocycles. The minimum atomic E-state index is -0.434. The molecule has 2 rings (SSSR count). The van der Waals surface area contributed by atoms with Gasteiger partial charge in [-0.25, -0.2) is 0 Å². The molecule has 0 unspecified atom stereocenters. The minimum Gasteiger partial charge on any atom is -0.506 e. The molecule has 1 aromatic carbocycles. The van der Waals surface area contributed by atoms with Crippen molar-refractivity contribution in [1.82, 2.24) is 4.98 Å². The Hall–Kier alpha value is -2.25. The molecule has 5 heteroatoms. The van der Waals surface area contributed by atoms with Gasteiger partial charge in [-0.2, -0.15) is 5.26 Å². The van der Waals surface area contributed by atoms with Crippen molar-refractivity contribution in [3.63, 3.8) is 0 Å². The second kappa shape index (κ2) is 4.55.